The van der Waals surface area contributed by atoms with Crippen molar-refractivity contribution in [3.63, 3.8) is 0 Å². The molecule has 0 radical (unpaired) electrons. The molecule has 0 spiro atoms. The minimum absolute atomic E-state index is 0.275. The van der Waals surface area contributed by atoms with Gasteiger partial charge in [-0.25, -0.2) is 4.98 Å². The second kappa shape index (κ2) is 5.57. The van der Waals surface area contributed by atoms with Crippen molar-refractivity contribution in [2.75, 3.05) is 5.32 Å². The number of carbonyl (C=O) groups is 1. The van der Waals surface area contributed by atoms with Crippen LogP contribution in [0, 0.1) is 0 Å². The number of halogens is 1. The molecular weight excluding hydrogens is 334 g/mol. The van der Waals surface area contributed by atoms with Crippen LogP contribution in [-0.4, -0.2) is 15.3 Å². The molecule has 0 aromatic carbocycles. The zero-order valence-corrected chi connectivity index (χ0v) is 13.3. The van der Waals surface area contributed by atoms with Crippen LogP contribution in [0.25, 0.3) is 17.1 Å². The van der Waals surface area contributed by atoms with Gasteiger partial charge >= 0.3 is 0 Å². The van der Waals surface area contributed by atoms with Crippen molar-refractivity contribution in [3.05, 3.63) is 64.1 Å². The molecular formula is C16H10ClN3O2S. The first-order valence-corrected chi connectivity index (χ1v) is 8.05. The number of rotatable bonds is 3. The molecule has 0 saturated heterocycles. The Hall–Kier alpha value is -2.57. The van der Waals surface area contributed by atoms with Gasteiger partial charge in [0.05, 0.1) is 11.3 Å². The molecule has 1 amide bonds. The molecule has 0 unspecified atom stereocenters. The van der Waals surface area contributed by atoms with Crippen molar-refractivity contribution in [1.29, 1.82) is 0 Å². The lowest BCUT2D eigenvalue weighted by Gasteiger charge is -2.06. The normalized spacial score (nSPS) is 11.0. The van der Waals surface area contributed by atoms with E-state index in [1.165, 1.54) is 11.3 Å². The Morgan fingerprint density at radius 1 is 1.26 bits per heavy atom. The molecule has 5 nitrogen and oxygen atoms in total. The summed E-state index contributed by atoms with van der Waals surface area (Å²) in [7, 11) is 0. The number of amides is 1. The predicted molar refractivity (Wildman–Crippen MR) is 90.2 cm³/mol. The first-order valence-electron chi connectivity index (χ1n) is 6.79. The number of fused-ring (bicyclic) bond motifs is 1. The smallest absolute Gasteiger partial charge is 0.268 e. The van der Waals surface area contributed by atoms with Gasteiger partial charge in [0, 0.05) is 6.20 Å². The molecule has 0 atom stereocenters. The van der Waals surface area contributed by atoms with Gasteiger partial charge in [0.1, 0.15) is 22.0 Å². The van der Waals surface area contributed by atoms with Crippen LogP contribution in [0.15, 0.2) is 58.7 Å². The fourth-order valence-corrected chi connectivity index (χ4v) is 3.36. The van der Waals surface area contributed by atoms with Crippen LogP contribution in [0.1, 0.15) is 9.67 Å². The first kappa shape index (κ1) is 14.0. The molecule has 23 heavy (non-hydrogen) atoms. The third kappa shape index (κ3) is 2.42. The van der Waals surface area contributed by atoms with Gasteiger partial charge in [0.15, 0.2) is 5.76 Å². The molecule has 0 aliphatic rings. The van der Waals surface area contributed by atoms with E-state index in [-0.39, 0.29) is 5.91 Å². The summed E-state index contributed by atoms with van der Waals surface area (Å²) in [5.41, 5.74) is 1.29. The number of pyridine rings is 1. The zero-order valence-electron chi connectivity index (χ0n) is 11.7. The number of hydrogen-bond acceptors (Lipinski definition) is 4. The van der Waals surface area contributed by atoms with Crippen molar-refractivity contribution >= 4 is 40.3 Å². The van der Waals surface area contributed by atoms with Crippen molar-refractivity contribution in [1.82, 2.24) is 9.38 Å². The number of aromatic nitrogens is 2. The third-order valence-corrected chi connectivity index (χ3v) is 4.68. The zero-order chi connectivity index (χ0) is 15.8. The lowest BCUT2D eigenvalue weighted by molar-refractivity contribution is 0.103. The second-order valence-electron chi connectivity index (χ2n) is 4.77. The van der Waals surface area contributed by atoms with E-state index in [0.717, 1.165) is 0 Å². The first-order chi connectivity index (χ1) is 11.2. The van der Waals surface area contributed by atoms with Crippen molar-refractivity contribution < 1.29 is 9.21 Å². The Balaban J connectivity index is 1.83. The Kier molecular flexibility index (Phi) is 3.40. The van der Waals surface area contributed by atoms with Crippen LogP contribution in [0.5, 0.6) is 0 Å². The van der Waals surface area contributed by atoms with E-state index in [1.807, 2.05) is 24.4 Å². The molecule has 0 aliphatic heterocycles. The summed E-state index contributed by atoms with van der Waals surface area (Å²) >= 11 is 7.33. The van der Waals surface area contributed by atoms with Crippen LogP contribution < -0.4 is 5.32 Å². The van der Waals surface area contributed by atoms with Crippen molar-refractivity contribution in [2.45, 2.75) is 0 Å². The molecule has 7 heteroatoms. The molecule has 4 aromatic rings. The highest BCUT2D eigenvalue weighted by atomic mass is 35.5. The van der Waals surface area contributed by atoms with E-state index < -0.39 is 0 Å². The number of imidazole rings is 1. The number of nitrogens with one attached hydrogen (secondary N) is 1. The fourth-order valence-electron chi connectivity index (χ4n) is 2.32. The Morgan fingerprint density at radius 2 is 2.17 bits per heavy atom. The van der Waals surface area contributed by atoms with Crippen molar-refractivity contribution in [3.8, 4) is 11.5 Å². The van der Waals surface area contributed by atoms with Gasteiger partial charge in [0.2, 0.25) is 0 Å². The summed E-state index contributed by atoms with van der Waals surface area (Å²) in [6, 6.07) is 10.9. The fraction of sp³-hybridized carbons (Fsp3) is 0. The second-order valence-corrected chi connectivity index (χ2v) is 6.09. The number of anilines is 1. The van der Waals surface area contributed by atoms with E-state index in [1.54, 1.807) is 34.2 Å². The average molecular weight is 344 g/mol. The summed E-state index contributed by atoms with van der Waals surface area (Å²) < 4.78 is 7.24. The van der Waals surface area contributed by atoms with Gasteiger partial charge in [-0.3, -0.25) is 9.20 Å². The molecule has 4 heterocycles. The number of thiophene rings is 1. The van der Waals surface area contributed by atoms with E-state index in [0.29, 0.717) is 32.8 Å². The maximum Gasteiger partial charge on any atom is 0.268 e. The minimum atomic E-state index is -0.275. The molecule has 4 rings (SSSR count). The highest BCUT2D eigenvalue weighted by Crippen LogP contribution is 2.30. The van der Waals surface area contributed by atoms with Crippen LogP contribution >= 0.6 is 22.9 Å². The highest BCUT2D eigenvalue weighted by Gasteiger charge is 2.20. The standard InChI is InChI=1S/C16H10ClN3O2S/c17-10-6-9-23-14(10)16(21)19-15-13(11-4-3-8-22-11)18-12-5-1-2-7-20(12)15/h1-9H,(H,19,21). The average Bonchev–Trinajstić information content (AvgIpc) is 3.27. The molecule has 0 saturated carbocycles. The topological polar surface area (TPSA) is 59.5 Å². The quantitative estimate of drug-likeness (QED) is 0.593. The summed E-state index contributed by atoms with van der Waals surface area (Å²) in [5.74, 6) is 0.856. The van der Waals surface area contributed by atoms with E-state index in [4.69, 9.17) is 16.0 Å². The van der Waals surface area contributed by atoms with E-state index in [2.05, 4.69) is 10.3 Å². The predicted octanol–water partition coefficient (Wildman–Crippen LogP) is 4.56. The number of furan rings is 1. The SMILES string of the molecule is O=C(Nc1c(-c2ccco2)nc2ccccn12)c1sccc1Cl. The summed E-state index contributed by atoms with van der Waals surface area (Å²) in [6.45, 7) is 0. The molecule has 0 bridgehead atoms. The molecule has 1 N–H and O–H groups in total. The van der Waals surface area contributed by atoms with Crippen molar-refractivity contribution in [2.24, 2.45) is 0 Å². The summed E-state index contributed by atoms with van der Waals surface area (Å²) in [4.78, 5) is 17.5. The Bertz CT molecular complexity index is 988. The van der Waals surface area contributed by atoms with E-state index in [9.17, 15) is 4.79 Å². The van der Waals surface area contributed by atoms with Gasteiger partial charge in [-0.2, -0.15) is 0 Å². The molecule has 0 fully saturated rings. The number of nitrogens with zero attached hydrogens (tertiary/aromatic N) is 2. The lowest BCUT2D eigenvalue weighted by atomic mass is 10.3. The maximum absolute atomic E-state index is 12.5. The van der Waals surface area contributed by atoms with Crippen LogP contribution in [0.4, 0.5) is 5.82 Å². The lowest BCUT2D eigenvalue weighted by Crippen LogP contribution is -2.13. The van der Waals surface area contributed by atoms with E-state index >= 15 is 0 Å². The van der Waals surface area contributed by atoms with Crippen LogP contribution in [-0.2, 0) is 0 Å². The molecule has 4 aromatic heterocycles. The summed E-state index contributed by atoms with van der Waals surface area (Å²) in [6.07, 6.45) is 3.40. The number of hydrogen-bond donors (Lipinski definition) is 1. The van der Waals surface area contributed by atoms with Gasteiger partial charge in [-0.05, 0) is 35.7 Å². The largest absolute Gasteiger partial charge is 0.463 e. The minimum Gasteiger partial charge on any atom is -0.463 e. The number of carbonyl (C=O) groups excluding carboxylic acids is 1. The third-order valence-electron chi connectivity index (χ3n) is 3.34. The Labute approximate surface area is 140 Å². The van der Waals surface area contributed by atoms with Gasteiger partial charge in [0.25, 0.3) is 5.91 Å². The van der Waals surface area contributed by atoms with Gasteiger partial charge < -0.3 is 9.73 Å². The Morgan fingerprint density at radius 3 is 2.91 bits per heavy atom. The van der Waals surface area contributed by atoms with Gasteiger partial charge in [-0.15, -0.1) is 11.3 Å². The monoisotopic (exact) mass is 343 g/mol. The summed E-state index contributed by atoms with van der Waals surface area (Å²) in [5, 5.41) is 5.10. The highest BCUT2D eigenvalue weighted by molar-refractivity contribution is 7.12. The van der Waals surface area contributed by atoms with Gasteiger partial charge in [-0.1, -0.05) is 17.7 Å². The van der Waals surface area contributed by atoms with Crippen LogP contribution in [0.2, 0.25) is 5.02 Å². The molecule has 114 valence electrons. The maximum atomic E-state index is 12.5. The van der Waals surface area contributed by atoms with Crippen LogP contribution in [0.3, 0.4) is 0 Å². The molecule has 0 aliphatic carbocycles.